The second-order valence-corrected chi connectivity index (χ2v) is 4.39. The monoisotopic (exact) mass is 200 g/mol. The average molecular weight is 200 g/mol. The third-order valence-electron chi connectivity index (χ3n) is 2.51. The molecule has 0 aliphatic rings. The van der Waals surface area contributed by atoms with Gasteiger partial charge in [-0.2, -0.15) is 0 Å². The summed E-state index contributed by atoms with van der Waals surface area (Å²) in [7, 11) is 4.30. The normalized spacial score (nSPS) is 13.5. The Labute approximate surface area is 90.1 Å². The van der Waals surface area contributed by atoms with Crippen molar-refractivity contribution in [1.82, 2.24) is 10.2 Å². The van der Waals surface area contributed by atoms with Crippen molar-refractivity contribution in [2.45, 2.75) is 52.0 Å². The maximum absolute atomic E-state index is 3.63. The summed E-state index contributed by atoms with van der Waals surface area (Å²) in [5, 5.41) is 3.63. The molecule has 0 amide bonds. The zero-order valence-electron chi connectivity index (χ0n) is 10.5. The molecule has 1 unspecified atom stereocenters. The van der Waals surface area contributed by atoms with Gasteiger partial charge in [0.25, 0.3) is 0 Å². The summed E-state index contributed by atoms with van der Waals surface area (Å²) in [6.07, 6.45) is 6.53. The Kier molecular flexibility index (Phi) is 9.42. The molecule has 0 saturated carbocycles. The molecule has 0 spiro atoms. The van der Waals surface area contributed by atoms with Gasteiger partial charge in [-0.15, -0.1) is 0 Å². The second kappa shape index (κ2) is 9.47. The number of hydrogen-bond donors (Lipinski definition) is 1. The predicted molar refractivity (Wildman–Crippen MR) is 64.8 cm³/mol. The molecule has 2 heteroatoms. The van der Waals surface area contributed by atoms with E-state index in [0.717, 1.165) is 6.04 Å². The second-order valence-electron chi connectivity index (χ2n) is 4.39. The number of hydrogen-bond acceptors (Lipinski definition) is 2. The molecule has 86 valence electrons. The fraction of sp³-hybridized carbons (Fsp3) is 1.00. The lowest BCUT2D eigenvalue weighted by atomic mass is 10.1. The standard InChI is InChI=1S/C12H28N2/c1-5-7-8-12(13-10-6-2)9-11-14(3)4/h12-13H,5-11H2,1-4H3. The molecule has 0 aromatic heterocycles. The lowest BCUT2D eigenvalue weighted by Gasteiger charge is -2.20. The Morgan fingerprint density at radius 3 is 2.29 bits per heavy atom. The summed E-state index contributed by atoms with van der Waals surface area (Å²) in [6, 6.07) is 0.734. The molecule has 0 aromatic carbocycles. The van der Waals surface area contributed by atoms with Crippen molar-refractivity contribution in [3.05, 3.63) is 0 Å². The summed E-state index contributed by atoms with van der Waals surface area (Å²) < 4.78 is 0. The van der Waals surface area contributed by atoms with Gasteiger partial charge in [0.05, 0.1) is 0 Å². The SMILES string of the molecule is CCCCC(CCN(C)C)NCCC. The zero-order valence-corrected chi connectivity index (χ0v) is 10.5. The van der Waals surface area contributed by atoms with Gasteiger partial charge in [0.2, 0.25) is 0 Å². The van der Waals surface area contributed by atoms with Gasteiger partial charge in [-0.25, -0.2) is 0 Å². The van der Waals surface area contributed by atoms with Crippen LogP contribution in [-0.4, -0.2) is 38.1 Å². The van der Waals surface area contributed by atoms with Gasteiger partial charge in [-0.05, 0) is 46.4 Å². The van der Waals surface area contributed by atoms with Crippen LogP contribution in [0.25, 0.3) is 0 Å². The molecule has 0 fully saturated rings. The largest absolute Gasteiger partial charge is 0.314 e. The highest BCUT2D eigenvalue weighted by molar-refractivity contribution is 4.67. The molecule has 0 bridgehead atoms. The van der Waals surface area contributed by atoms with Crippen LogP contribution in [0.2, 0.25) is 0 Å². The number of nitrogens with zero attached hydrogens (tertiary/aromatic N) is 1. The van der Waals surface area contributed by atoms with Gasteiger partial charge in [0.15, 0.2) is 0 Å². The highest BCUT2D eigenvalue weighted by Crippen LogP contribution is 2.05. The number of unbranched alkanes of at least 4 members (excludes halogenated alkanes) is 1. The Morgan fingerprint density at radius 1 is 1.07 bits per heavy atom. The fourth-order valence-corrected chi connectivity index (χ4v) is 1.56. The van der Waals surface area contributed by atoms with Gasteiger partial charge < -0.3 is 10.2 Å². The van der Waals surface area contributed by atoms with E-state index in [9.17, 15) is 0 Å². The highest BCUT2D eigenvalue weighted by Gasteiger charge is 2.06. The number of rotatable bonds is 9. The summed E-state index contributed by atoms with van der Waals surface area (Å²) in [5.41, 5.74) is 0. The Balaban J connectivity index is 3.60. The molecule has 0 rings (SSSR count). The van der Waals surface area contributed by atoms with Gasteiger partial charge in [-0.3, -0.25) is 0 Å². The van der Waals surface area contributed by atoms with E-state index in [1.165, 1.54) is 45.2 Å². The molecule has 1 N–H and O–H groups in total. The van der Waals surface area contributed by atoms with E-state index in [4.69, 9.17) is 0 Å². The van der Waals surface area contributed by atoms with Gasteiger partial charge in [0.1, 0.15) is 0 Å². The molecule has 0 radical (unpaired) electrons. The van der Waals surface area contributed by atoms with Crippen molar-refractivity contribution in [3.63, 3.8) is 0 Å². The molecular formula is C12H28N2. The van der Waals surface area contributed by atoms with Crippen molar-refractivity contribution in [2.24, 2.45) is 0 Å². The number of nitrogens with one attached hydrogen (secondary N) is 1. The topological polar surface area (TPSA) is 15.3 Å². The zero-order chi connectivity index (χ0) is 10.8. The maximum Gasteiger partial charge on any atom is 0.00792 e. The van der Waals surface area contributed by atoms with Gasteiger partial charge >= 0.3 is 0 Å². The first-order valence-corrected chi connectivity index (χ1v) is 6.08. The smallest absolute Gasteiger partial charge is 0.00792 e. The minimum Gasteiger partial charge on any atom is -0.314 e. The van der Waals surface area contributed by atoms with Crippen LogP contribution in [0.15, 0.2) is 0 Å². The molecule has 0 aromatic rings. The van der Waals surface area contributed by atoms with Crippen LogP contribution in [0.4, 0.5) is 0 Å². The van der Waals surface area contributed by atoms with E-state index in [1.54, 1.807) is 0 Å². The van der Waals surface area contributed by atoms with Crippen molar-refractivity contribution in [3.8, 4) is 0 Å². The molecule has 1 atom stereocenters. The van der Waals surface area contributed by atoms with Crippen molar-refractivity contribution in [2.75, 3.05) is 27.2 Å². The van der Waals surface area contributed by atoms with E-state index in [1.807, 2.05) is 0 Å². The fourth-order valence-electron chi connectivity index (χ4n) is 1.56. The Hall–Kier alpha value is -0.0800. The molecule has 0 heterocycles. The quantitative estimate of drug-likeness (QED) is 0.615. The lowest BCUT2D eigenvalue weighted by Crippen LogP contribution is -2.32. The minimum atomic E-state index is 0.734. The summed E-state index contributed by atoms with van der Waals surface area (Å²) >= 11 is 0. The first-order chi connectivity index (χ1) is 6.70. The van der Waals surface area contributed by atoms with Crippen LogP contribution in [0.5, 0.6) is 0 Å². The minimum absolute atomic E-state index is 0.734. The third-order valence-corrected chi connectivity index (χ3v) is 2.51. The van der Waals surface area contributed by atoms with Gasteiger partial charge in [0, 0.05) is 6.04 Å². The molecule has 0 aliphatic heterocycles. The molecule has 14 heavy (non-hydrogen) atoms. The first kappa shape index (κ1) is 13.9. The van der Waals surface area contributed by atoms with Crippen LogP contribution >= 0.6 is 0 Å². The van der Waals surface area contributed by atoms with Crippen molar-refractivity contribution in [1.29, 1.82) is 0 Å². The summed E-state index contributed by atoms with van der Waals surface area (Å²) in [6.45, 7) is 6.87. The van der Waals surface area contributed by atoms with E-state index in [2.05, 4.69) is 38.2 Å². The van der Waals surface area contributed by atoms with Gasteiger partial charge in [-0.1, -0.05) is 26.7 Å². The Morgan fingerprint density at radius 2 is 1.79 bits per heavy atom. The first-order valence-electron chi connectivity index (χ1n) is 6.08. The van der Waals surface area contributed by atoms with E-state index < -0.39 is 0 Å². The average Bonchev–Trinajstić information content (AvgIpc) is 2.16. The third kappa shape index (κ3) is 8.52. The summed E-state index contributed by atoms with van der Waals surface area (Å²) in [5.74, 6) is 0. The molecule has 2 nitrogen and oxygen atoms in total. The molecular weight excluding hydrogens is 172 g/mol. The highest BCUT2D eigenvalue weighted by atomic mass is 15.1. The summed E-state index contributed by atoms with van der Waals surface area (Å²) in [4.78, 5) is 2.27. The van der Waals surface area contributed by atoms with E-state index in [-0.39, 0.29) is 0 Å². The van der Waals surface area contributed by atoms with E-state index >= 15 is 0 Å². The van der Waals surface area contributed by atoms with Crippen molar-refractivity contribution >= 4 is 0 Å². The predicted octanol–water partition coefficient (Wildman–Crippen LogP) is 2.50. The van der Waals surface area contributed by atoms with Crippen LogP contribution in [-0.2, 0) is 0 Å². The lowest BCUT2D eigenvalue weighted by molar-refractivity contribution is 0.345. The van der Waals surface area contributed by atoms with Crippen LogP contribution in [0.3, 0.4) is 0 Å². The maximum atomic E-state index is 3.63. The van der Waals surface area contributed by atoms with Crippen LogP contribution in [0.1, 0.15) is 46.0 Å². The van der Waals surface area contributed by atoms with Crippen LogP contribution < -0.4 is 5.32 Å². The van der Waals surface area contributed by atoms with Crippen LogP contribution in [0, 0.1) is 0 Å². The molecule has 0 aliphatic carbocycles. The molecule has 0 saturated heterocycles. The van der Waals surface area contributed by atoms with E-state index in [0.29, 0.717) is 0 Å². The van der Waals surface area contributed by atoms with Crippen molar-refractivity contribution < 1.29 is 0 Å². The Bertz CT molecular complexity index is 105.